The van der Waals surface area contributed by atoms with Crippen LogP contribution in [-0.4, -0.2) is 24.1 Å². The van der Waals surface area contributed by atoms with E-state index in [4.69, 9.17) is 5.73 Å². The first-order valence-corrected chi connectivity index (χ1v) is 6.76. The van der Waals surface area contributed by atoms with Crippen molar-refractivity contribution in [1.29, 1.82) is 0 Å². The number of nitrogens with zero attached hydrogens (tertiary/aromatic N) is 2. The first-order chi connectivity index (χ1) is 9.04. The molecule has 5 nitrogen and oxygen atoms in total. The molecule has 1 aliphatic rings. The maximum absolute atomic E-state index is 11.2. The molecule has 1 aromatic rings. The topological polar surface area (TPSA) is 72.4 Å². The molecule has 0 spiro atoms. The Morgan fingerprint density at radius 3 is 2.89 bits per heavy atom. The van der Waals surface area contributed by atoms with Gasteiger partial charge in [0.25, 0.3) is 5.69 Å². The molecule has 1 heterocycles. The van der Waals surface area contributed by atoms with Gasteiger partial charge in [-0.15, -0.1) is 0 Å². The molecule has 1 aliphatic heterocycles. The normalized spacial score (nSPS) is 23.4. The molecule has 5 heteroatoms. The van der Waals surface area contributed by atoms with Gasteiger partial charge in [-0.05, 0) is 37.3 Å². The van der Waals surface area contributed by atoms with Crippen molar-refractivity contribution in [3.63, 3.8) is 0 Å². The quantitative estimate of drug-likeness (QED) is 0.671. The standard InChI is InChI=1S/C14H21N3O2/c1-10-5-6-12(13(8-10)17(18)19)16-7-3-4-11(2)14(16)9-15/h5-6,8,11,14H,3-4,7,9,15H2,1-2H3. The summed E-state index contributed by atoms with van der Waals surface area (Å²) in [6, 6.07) is 5.61. The summed E-state index contributed by atoms with van der Waals surface area (Å²) in [7, 11) is 0. The summed E-state index contributed by atoms with van der Waals surface area (Å²) < 4.78 is 0. The highest BCUT2D eigenvalue weighted by molar-refractivity contribution is 5.65. The van der Waals surface area contributed by atoms with Crippen LogP contribution in [0, 0.1) is 23.0 Å². The average molecular weight is 263 g/mol. The lowest BCUT2D eigenvalue weighted by atomic mass is 9.90. The Balaban J connectivity index is 2.42. The minimum absolute atomic E-state index is 0.188. The van der Waals surface area contributed by atoms with E-state index in [1.807, 2.05) is 19.1 Å². The van der Waals surface area contributed by atoms with Crippen molar-refractivity contribution in [3.8, 4) is 0 Å². The van der Waals surface area contributed by atoms with Gasteiger partial charge in [-0.1, -0.05) is 13.0 Å². The summed E-state index contributed by atoms with van der Waals surface area (Å²) in [5.41, 5.74) is 7.67. The van der Waals surface area contributed by atoms with Gasteiger partial charge in [0.05, 0.1) is 4.92 Å². The third kappa shape index (κ3) is 2.71. The van der Waals surface area contributed by atoms with Crippen LogP contribution in [0.5, 0.6) is 0 Å². The zero-order valence-corrected chi connectivity index (χ0v) is 11.5. The highest BCUT2D eigenvalue weighted by Crippen LogP contribution is 2.35. The molecule has 2 N–H and O–H groups in total. The van der Waals surface area contributed by atoms with Gasteiger partial charge in [-0.25, -0.2) is 0 Å². The van der Waals surface area contributed by atoms with E-state index in [2.05, 4.69) is 11.8 Å². The molecule has 0 aliphatic carbocycles. The molecule has 0 bridgehead atoms. The number of hydrogen-bond acceptors (Lipinski definition) is 4. The number of piperidine rings is 1. The van der Waals surface area contributed by atoms with Crippen LogP contribution in [-0.2, 0) is 0 Å². The lowest BCUT2D eigenvalue weighted by molar-refractivity contribution is -0.384. The summed E-state index contributed by atoms with van der Waals surface area (Å²) in [5.74, 6) is 0.472. The number of anilines is 1. The van der Waals surface area contributed by atoms with E-state index in [0.717, 1.165) is 24.9 Å². The third-order valence-corrected chi connectivity index (χ3v) is 3.99. The minimum atomic E-state index is -0.296. The lowest BCUT2D eigenvalue weighted by Crippen LogP contribution is -2.49. The van der Waals surface area contributed by atoms with Gasteiger partial charge in [0.2, 0.25) is 0 Å². The molecule has 1 saturated heterocycles. The molecule has 104 valence electrons. The fourth-order valence-corrected chi connectivity index (χ4v) is 2.93. The average Bonchev–Trinajstić information content (AvgIpc) is 2.38. The summed E-state index contributed by atoms with van der Waals surface area (Å²) in [5, 5.41) is 11.2. The molecule has 19 heavy (non-hydrogen) atoms. The van der Waals surface area contributed by atoms with Crippen molar-refractivity contribution in [2.24, 2.45) is 11.7 Å². The van der Waals surface area contributed by atoms with E-state index in [9.17, 15) is 10.1 Å². The molecular formula is C14H21N3O2. The fourth-order valence-electron chi connectivity index (χ4n) is 2.93. The van der Waals surface area contributed by atoms with Crippen LogP contribution < -0.4 is 10.6 Å². The van der Waals surface area contributed by atoms with E-state index in [-0.39, 0.29) is 16.7 Å². The molecule has 0 aromatic heterocycles. The molecular weight excluding hydrogens is 242 g/mol. The van der Waals surface area contributed by atoms with E-state index >= 15 is 0 Å². The van der Waals surface area contributed by atoms with Gasteiger partial charge in [0, 0.05) is 25.2 Å². The van der Waals surface area contributed by atoms with E-state index < -0.39 is 0 Å². The summed E-state index contributed by atoms with van der Waals surface area (Å²) in [4.78, 5) is 13.1. The SMILES string of the molecule is Cc1ccc(N2CCCC(C)C2CN)c([N+](=O)[O-])c1. The predicted octanol–water partition coefficient (Wildman–Crippen LogP) is 2.47. The maximum Gasteiger partial charge on any atom is 0.292 e. The number of hydrogen-bond donors (Lipinski definition) is 1. The predicted molar refractivity (Wildman–Crippen MR) is 76.4 cm³/mol. The molecule has 2 atom stereocenters. The highest BCUT2D eigenvalue weighted by atomic mass is 16.6. The number of aryl methyl sites for hydroxylation is 1. The summed E-state index contributed by atoms with van der Waals surface area (Å²) >= 11 is 0. The van der Waals surface area contributed by atoms with Crippen LogP contribution in [0.25, 0.3) is 0 Å². The third-order valence-electron chi connectivity index (χ3n) is 3.99. The van der Waals surface area contributed by atoms with E-state index in [0.29, 0.717) is 18.2 Å². The molecule has 0 saturated carbocycles. The zero-order valence-electron chi connectivity index (χ0n) is 11.5. The first-order valence-electron chi connectivity index (χ1n) is 6.76. The lowest BCUT2D eigenvalue weighted by Gasteiger charge is -2.40. The van der Waals surface area contributed by atoms with E-state index in [1.54, 1.807) is 6.07 Å². The monoisotopic (exact) mass is 263 g/mol. The number of nitrogens with two attached hydrogens (primary N) is 1. The van der Waals surface area contributed by atoms with Crippen molar-refractivity contribution in [3.05, 3.63) is 33.9 Å². The number of nitro benzene ring substituents is 1. The Morgan fingerprint density at radius 1 is 1.53 bits per heavy atom. The molecule has 0 radical (unpaired) electrons. The van der Waals surface area contributed by atoms with Crippen molar-refractivity contribution >= 4 is 11.4 Å². The van der Waals surface area contributed by atoms with Gasteiger partial charge < -0.3 is 10.6 Å². The zero-order chi connectivity index (χ0) is 14.0. The Kier molecular flexibility index (Phi) is 4.04. The van der Waals surface area contributed by atoms with Gasteiger partial charge >= 0.3 is 0 Å². The Hall–Kier alpha value is -1.62. The Bertz CT molecular complexity index is 476. The summed E-state index contributed by atoms with van der Waals surface area (Å²) in [6.45, 7) is 5.42. The molecule has 2 unspecified atom stereocenters. The smallest absolute Gasteiger partial charge is 0.292 e. The van der Waals surface area contributed by atoms with Gasteiger partial charge in [0.1, 0.15) is 5.69 Å². The highest BCUT2D eigenvalue weighted by Gasteiger charge is 2.31. The first kappa shape index (κ1) is 13.8. The van der Waals surface area contributed by atoms with Crippen LogP contribution in [0.1, 0.15) is 25.3 Å². The van der Waals surface area contributed by atoms with Crippen LogP contribution >= 0.6 is 0 Å². The Morgan fingerprint density at radius 2 is 2.26 bits per heavy atom. The molecule has 1 aromatic carbocycles. The van der Waals surface area contributed by atoms with Crippen LogP contribution in [0.4, 0.5) is 11.4 Å². The molecule has 1 fully saturated rings. The summed E-state index contributed by atoms with van der Waals surface area (Å²) in [6.07, 6.45) is 2.20. The van der Waals surface area contributed by atoms with Crippen molar-refractivity contribution < 1.29 is 4.92 Å². The number of nitro groups is 1. The van der Waals surface area contributed by atoms with Crippen molar-refractivity contribution in [2.75, 3.05) is 18.0 Å². The fraction of sp³-hybridized carbons (Fsp3) is 0.571. The van der Waals surface area contributed by atoms with Crippen molar-refractivity contribution in [1.82, 2.24) is 0 Å². The van der Waals surface area contributed by atoms with Crippen molar-refractivity contribution in [2.45, 2.75) is 32.7 Å². The molecule has 0 amide bonds. The minimum Gasteiger partial charge on any atom is -0.361 e. The molecule has 2 rings (SSSR count). The Labute approximate surface area is 113 Å². The number of rotatable bonds is 3. The van der Waals surface area contributed by atoms with Crippen LogP contribution in [0.2, 0.25) is 0 Å². The van der Waals surface area contributed by atoms with Gasteiger partial charge in [-0.3, -0.25) is 10.1 Å². The second-order valence-electron chi connectivity index (χ2n) is 5.37. The van der Waals surface area contributed by atoms with Gasteiger partial charge in [-0.2, -0.15) is 0 Å². The van der Waals surface area contributed by atoms with Gasteiger partial charge in [0.15, 0.2) is 0 Å². The maximum atomic E-state index is 11.2. The number of benzene rings is 1. The second kappa shape index (κ2) is 5.57. The second-order valence-corrected chi connectivity index (χ2v) is 5.37. The van der Waals surface area contributed by atoms with E-state index in [1.165, 1.54) is 0 Å². The van der Waals surface area contributed by atoms with Crippen LogP contribution in [0.3, 0.4) is 0 Å². The largest absolute Gasteiger partial charge is 0.361 e. The van der Waals surface area contributed by atoms with Crippen LogP contribution in [0.15, 0.2) is 18.2 Å².